The van der Waals surface area contributed by atoms with Gasteiger partial charge in [0.2, 0.25) is 0 Å². The molecular weight excluding hydrogens is 226 g/mol. The number of hydrogen-bond donors (Lipinski definition) is 2. The first kappa shape index (κ1) is 13.3. The molecule has 1 heterocycles. The fourth-order valence-corrected chi connectivity index (χ4v) is 2.50. The van der Waals surface area contributed by atoms with Crippen LogP contribution in [0.1, 0.15) is 50.3 Å². The Morgan fingerprint density at radius 1 is 1.28 bits per heavy atom. The molecule has 0 saturated heterocycles. The lowest BCUT2D eigenvalue weighted by Gasteiger charge is -2.15. The van der Waals surface area contributed by atoms with Crippen molar-refractivity contribution in [2.45, 2.75) is 58.0 Å². The molecule has 4 heteroatoms. The highest BCUT2D eigenvalue weighted by atomic mass is 16.3. The second kappa shape index (κ2) is 6.69. The van der Waals surface area contributed by atoms with E-state index in [1.54, 1.807) is 6.33 Å². The molecule has 0 fully saturated rings. The van der Waals surface area contributed by atoms with Crippen molar-refractivity contribution in [1.82, 2.24) is 9.97 Å². The van der Waals surface area contributed by atoms with Crippen molar-refractivity contribution in [2.75, 3.05) is 11.9 Å². The Morgan fingerprint density at radius 3 is 2.94 bits per heavy atom. The topological polar surface area (TPSA) is 58.0 Å². The van der Waals surface area contributed by atoms with Crippen molar-refractivity contribution < 1.29 is 5.11 Å². The Morgan fingerprint density at radius 2 is 2.11 bits per heavy atom. The molecule has 0 saturated carbocycles. The van der Waals surface area contributed by atoms with Crippen molar-refractivity contribution in [3.63, 3.8) is 0 Å². The summed E-state index contributed by atoms with van der Waals surface area (Å²) in [6.45, 7) is 2.66. The number of nitrogens with one attached hydrogen (secondary N) is 1. The minimum atomic E-state index is -0.286. The molecule has 0 radical (unpaired) electrons. The normalized spacial score (nSPS) is 16.8. The van der Waals surface area contributed by atoms with Gasteiger partial charge in [0.25, 0.3) is 0 Å². The number of fused-ring (bicyclic) bond motifs is 1. The minimum absolute atomic E-state index is 0.286. The lowest BCUT2D eigenvalue weighted by molar-refractivity contribution is 0.176. The van der Waals surface area contributed by atoms with E-state index in [0.717, 1.165) is 31.5 Å². The van der Waals surface area contributed by atoms with Gasteiger partial charge in [0.05, 0.1) is 6.10 Å². The van der Waals surface area contributed by atoms with Crippen molar-refractivity contribution >= 4 is 5.82 Å². The summed E-state index contributed by atoms with van der Waals surface area (Å²) in [5.74, 6) is 0.928. The molecule has 0 aromatic carbocycles. The molecule has 1 aliphatic carbocycles. The number of aliphatic hydroxyl groups excluding tert-OH is 1. The van der Waals surface area contributed by atoms with E-state index < -0.39 is 0 Å². The summed E-state index contributed by atoms with van der Waals surface area (Å²) >= 11 is 0. The van der Waals surface area contributed by atoms with Crippen LogP contribution in [0.2, 0.25) is 0 Å². The van der Waals surface area contributed by atoms with E-state index in [1.165, 1.54) is 30.5 Å². The van der Waals surface area contributed by atoms with Gasteiger partial charge in [-0.1, -0.05) is 19.8 Å². The van der Waals surface area contributed by atoms with Crippen molar-refractivity contribution in [3.8, 4) is 0 Å². The van der Waals surface area contributed by atoms with Crippen LogP contribution in [0.15, 0.2) is 6.33 Å². The van der Waals surface area contributed by atoms with Gasteiger partial charge in [0.15, 0.2) is 0 Å². The lowest BCUT2D eigenvalue weighted by atomic mass is 10.1. The number of hydrogen-bond acceptors (Lipinski definition) is 4. The molecule has 0 aliphatic heterocycles. The van der Waals surface area contributed by atoms with Crippen LogP contribution in [0.4, 0.5) is 5.82 Å². The molecule has 4 nitrogen and oxygen atoms in total. The average Bonchev–Trinajstić information content (AvgIpc) is 2.62. The van der Waals surface area contributed by atoms with Crippen LogP contribution in [-0.2, 0) is 12.8 Å². The molecule has 0 spiro atoms. The molecule has 0 amide bonds. The Hall–Kier alpha value is -1.16. The highest BCUT2D eigenvalue weighted by Crippen LogP contribution is 2.23. The molecule has 1 aliphatic rings. The van der Waals surface area contributed by atoms with Gasteiger partial charge in [-0.15, -0.1) is 0 Å². The summed E-state index contributed by atoms with van der Waals surface area (Å²) in [5.41, 5.74) is 2.45. The largest absolute Gasteiger partial charge is 0.391 e. The van der Waals surface area contributed by atoms with E-state index in [9.17, 15) is 5.11 Å². The SMILES string of the molecule is CCCC(O)CNc1ncnc2c1CCCCC2. The summed E-state index contributed by atoms with van der Waals surface area (Å²) < 4.78 is 0. The number of nitrogens with zero attached hydrogens (tertiary/aromatic N) is 2. The number of anilines is 1. The summed E-state index contributed by atoms with van der Waals surface area (Å²) in [6, 6.07) is 0. The van der Waals surface area contributed by atoms with Gasteiger partial charge < -0.3 is 10.4 Å². The average molecular weight is 249 g/mol. The molecule has 1 atom stereocenters. The fraction of sp³-hybridized carbons (Fsp3) is 0.714. The third-order valence-corrected chi connectivity index (χ3v) is 3.50. The third kappa shape index (κ3) is 3.42. The van der Waals surface area contributed by atoms with Crippen molar-refractivity contribution in [1.29, 1.82) is 0 Å². The van der Waals surface area contributed by atoms with Gasteiger partial charge in [-0.3, -0.25) is 0 Å². The van der Waals surface area contributed by atoms with Gasteiger partial charge >= 0.3 is 0 Å². The van der Waals surface area contributed by atoms with Crippen molar-refractivity contribution in [3.05, 3.63) is 17.6 Å². The number of aromatic nitrogens is 2. The van der Waals surface area contributed by atoms with Crippen LogP contribution in [0.25, 0.3) is 0 Å². The predicted octanol–water partition coefficient (Wildman–Crippen LogP) is 2.32. The zero-order valence-corrected chi connectivity index (χ0v) is 11.2. The monoisotopic (exact) mass is 249 g/mol. The van der Waals surface area contributed by atoms with Gasteiger partial charge in [0, 0.05) is 17.8 Å². The lowest BCUT2D eigenvalue weighted by Crippen LogP contribution is -2.20. The molecule has 1 aromatic heterocycles. The quantitative estimate of drug-likeness (QED) is 0.786. The zero-order chi connectivity index (χ0) is 12.8. The van der Waals surface area contributed by atoms with E-state index in [0.29, 0.717) is 6.54 Å². The standard InChI is InChI=1S/C14H23N3O/c1-2-6-11(18)9-15-14-12-7-4-3-5-8-13(12)16-10-17-14/h10-11,18H,2-9H2,1H3,(H,15,16,17). The first-order chi connectivity index (χ1) is 8.81. The maximum Gasteiger partial charge on any atom is 0.132 e. The maximum atomic E-state index is 9.76. The molecule has 1 unspecified atom stereocenters. The van der Waals surface area contributed by atoms with Gasteiger partial charge in [-0.25, -0.2) is 9.97 Å². The van der Waals surface area contributed by atoms with Crippen LogP contribution in [-0.4, -0.2) is 27.7 Å². The minimum Gasteiger partial charge on any atom is -0.391 e. The van der Waals surface area contributed by atoms with Crippen molar-refractivity contribution in [2.24, 2.45) is 0 Å². The highest BCUT2D eigenvalue weighted by molar-refractivity contribution is 5.46. The molecule has 2 N–H and O–H groups in total. The Balaban J connectivity index is 2.04. The van der Waals surface area contributed by atoms with E-state index in [4.69, 9.17) is 0 Å². The second-order valence-corrected chi connectivity index (χ2v) is 5.03. The number of rotatable bonds is 5. The van der Waals surface area contributed by atoms with Crippen LogP contribution in [0.3, 0.4) is 0 Å². The fourth-order valence-electron chi connectivity index (χ4n) is 2.50. The molecular formula is C14H23N3O. The van der Waals surface area contributed by atoms with Crippen LogP contribution in [0, 0.1) is 0 Å². The van der Waals surface area contributed by atoms with Crippen LogP contribution in [0.5, 0.6) is 0 Å². The third-order valence-electron chi connectivity index (χ3n) is 3.50. The number of aryl methyl sites for hydroxylation is 1. The Bertz CT molecular complexity index is 381. The molecule has 18 heavy (non-hydrogen) atoms. The molecule has 100 valence electrons. The summed E-state index contributed by atoms with van der Waals surface area (Å²) in [6.07, 6.45) is 9.02. The summed E-state index contributed by atoms with van der Waals surface area (Å²) in [4.78, 5) is 8.72. The molecule has 0 bridgehead atoms. The van der Waals surface area contributed by atoms with Crippen LogP contribution < -0.4 is 5.32 Å². The smallest absolute Gasteiger partial charge is 0.132 e. The van der Waals surface area contributed by atoms with E-state index >= 15 is 0 Å². The number of aliphatic hydroxyl groups is 1. The summed E-state index contributed by atoms with van der Waals surface area (Å²) in [5, 5.41) is 13.0. The van der Waals surface area contributed by atoms with E-state index in [1.807, 2.05) is 0 Å². The van der Waals surface area contributed by atoms with Crippen LogP contribution >= 0.6 is 0 Å². The molecule has 2 rings (SSSR count). The zero-order valence-electron chi connectivity index (χ0n) is 11.2. The Labute approximate surface area is 109 Å². The predicted molar refractivity (Wildman–Crippen MR) is 72.7 cm³/mol. The van der Waals surface area contributed by atoms with Gasteiger partial charge in [0.1, 0.15) is 12.1 Å². The first-order valence-electron chi connectivity index (χ1n) is 7.06. The summed E-state index contributed by atoms with van der Waals surface area (Å²) in [7, 11) is 0. The second-order valence-electron chi connectivity index (χ2n) is 5.03. The van der Waals surface area contributed by atoms with Gasteiger partial charge in [-0.05, 0) is 32.1 Å². The molecule has 1 aromatic rings. The van der Waals surface area contributed by atoms with Gasteiger partial charge in [-0.2, -0.15) is 0 Å². The first-order valence-corrected chi connectivity index (χ1v) is 7.06. The maximum absolute atomic E-state index is 9.76. The highest BCUT2D eigenvalue weighted by Gasteiger charge is 2.14. The Kier molecular flexibility index (Phi) is 4.93. The van der Waals surface area contributed by atoms with E-state index in [-0.39, 0.29) is 6.10 Å². The van der Waals surface area contributed by atoms with E-state index in [2.05, 4.69) is 22.2 Å².